The molecular weight excluding hydrogens is 574 g/mol. The Morgan fingerprint density at radius 1 is 0.881 bits per heavy atom. The lowest BCUT2D eigenvalue weighted by Crippen LogP contribution is -2.30. The third kappa shape index (κ3) is 8.90. The summed E-state index contributed by atoms with van der Waals surface area (Å²) < 4.78 is 36.8. The minimum Gasteiger partial charge on any atom is -0.482 e. The average molecular weight is 608 g/mol. The van der Waals surface area contributed by atoms with Gasteiger partial charge in [0.15, 0.2) is 6.61 Å². The summed E-state index contributed by atoms with van der Waals surface area (Å²) in [5.74, 6) is -0.262. The predicted molar refractivity (Wildman–Crippen MR) is 162 cm³/mol. The smallest absolute Gasteiger partial charge is 0.344 e. The molecule has 1 N–H and O–H groups in total. The Kier molecular flexibility index (Phi) is 11.1. The van der Waals surface area contributed by atoms with E-state index in [1.807, 2.05) is 42.5 Å². The zero-order chi connectivity index (χ0) is 30.0. The molecule has 0 bridgehead atoms. The first kappa shape index (κ1) is 31.3. The fraction of sp³-hybridized carbons (Fsp3) is 0.242. The number of carbonyl (C=O) groups excluding carboxylic acids is 1. The summed E-state index contributed by atoms with van der Waals surface area (Å²) in [4.78, 5) is 14.0. The Morgan fingerprint density at radius 2 is 1.62 bits per heavy atom. The molecule has 42 heavy (non-hydrogen) atoms. The van der Waals surface area contributed by atoms with Crippen LogP contribution in [0, 0.1) is 0 Å². The maximum Gasteiger partial charge on any atom is 0.344 e. The molecule has 0 aromatic heterocycles. The van der Waals surface area contributed by atoms with E-state index in [4.69, 9.17) is 21.1 Å². The highest BCUT2D eigenvalue weighted by Crippen LogP contribution is 2.25. The van der Waals surface area contributed by atoms with Crippen LogP contribution in [-0.4, -0.2) is 50.7 Å². The van der Waals surface area contributed by atoms with Gasteiger partial charge in [0.2, 0.25) is 9.84 Å². The molecule has 0 aliphatic rings. The first-order valence-electron chi connectivity index (χ1n) is 13.7. The molecule has 0 fully saturated rings. The second-order valence-corrected chi connectivity index (χ2v) is 12.1. The first-order chi connectivity index (χ1) is 20.2. The van der Waals surface area contributed by atoms with Crippen molar-refractivity contribution in [3.8, 4) is 5.75 Å². The van der Waals surface area contributed by atoms with E-state index in [9.17, 15) is 18.3 Å². The third-order valence-electron chi connectivity index (χ3n) is 6.64. The Morgan fingerprint density at radius 3 is 2.33 bits per heavy atom. The van der Waals surface area contributed by atoms with Crippen molar-refractivity contribution in [2.45, 2.75) is 35.8 Å². The summed E-state index contributed by atoms with van der Waals surface area (Å²) in [6.45, 7) is 3.35. The quantitative estimate of drug-likeness (QED) is 0.179. The van der Waals surface area contributed by atoms with E-state index in [1.165, 1.54) is 12.1 Å². The lowest BCUT2D eigenvalue weighted by Gasteiger charge is -2.25. The lowest BCUT2D eigenvalue weighted by atomic mass is 10.1. The summed E-state index contributed by atoms with van der Waals surface area (Å²) in [6.07, 6.45) is -0.0518. The van der Waals surface area contributed by atoms with Crippen molar-refractivity contribution in [2.75, 3.05) is 26.3 Å². The number of rotatable bonds is 14. The molecule has 4 rings (SSSR count). The van der Waals surface area contributed by atoms with Crippen LogP contribution in [0.5, 0.6) is 5.75 Å². The number of hydrogen-bond donors (Lipinski definition) is 1. The summed E-state index contributed by atoms with van der Waals surface area (Å²) in [5.41, 5.74) is 2.85. The Hall–Kier alpha value is -3.69. The molecule has 0 aliphatic heterocycles. The largest absolute Gasteiger partial charge is 0.482 e. The molecule has 1 unspecified atom stereocenters. The third-order valence-corrected chi connectivity index (χ3v) is 8.64. The first-order valence-corrected chi connectivity index (χ1v) is 15.5. The van der Waals surface area contributed by atoms with Crippen LogP contribution in [0.2, 0.25) is 5.02 Å². The van der Waals surface area contributed by atoms with Gasteiger partial charge in [-0.3, -0.25) is 4.90 Å². The second-order valence-electron chi connectivity index (χ2n) is 9.76. The van der Waals surface area contributed by atoms with E-state index in [2.05, 4.69) is 17.0 Å². The molecule has 0 saturated heterocycles. The number of carbonyl (C=O) groups is 1. The van der Waals surface area contributed by atoms with Crippen LogP contribution in [0.25, 0.3) is 0 Å². The van der Waals surface area contributed by atoms with Crippen LogP contribution in [0.4, 0.5) is 0 Å². The van der Waals surface area contributed by atoms with Gasteiger partial charge in [0, 0.05) is 24.7 Å². The Balaban J connectivity index is 1.43. The van der Waals surface area contributed by atoms with Gasteiger partial charge in [-0.05, 0) is 72.5 Å². The highest BCUT2D eigenvalue weighted by Gasteiger charge is 2.19. The zero-order valence-electron chi connectivity index (χ0n) is 23.4. The number of hydrogen-bond acceptors (Lipinski definition) is 7. The number of nitrogens with zero attached hydrogens (tertiary/aromatic N) is 1. The fourth-order valence-corrected chi connectivity index (χ4v) is 5.97. The Bertz CT molecular complexity index is 1560. The van der Waals surface area contributed by atoms with Crippen LogP contribution >= 0.6 is 11.6 Å². The van der Waals surface area contributed by atoms with Crippen molar-refractivity contribution >= 4 is 27.4 Å². The summed E-state index contributed by atoms with van der Waals surface area (Å²) in [5, 5.41) is 11.5. The number of aliphatic hydroxyl groups is 1. The molecule has 0 amide bonds. The van der Waals surface area contributed by atoms with Crippen LogP contribution in [0.1, 0.15) is 29.7 Å². The molecular formula is C33H34ClNO6S. The van der Waals surface area contributed by atoms with Crippen LogP contribution in [0.3, 0.4) is 0 Å². The molecule has 0 radical (unpaired) electrons. The van der Waals surface area contributed by atoms with E-state index < -0.39 is 21.9 Å². The summed E-state index contributed by atoms with van der Waals surface area (Å²) in [6, 6.07) is 30.1. The summed E-state index contributed by atoms with van der Waals surface area (Å²) >= 11 is 6.13. The van der Waals surface area contributed by atoms with Gasteiger partial charge in [-0.1, -0.05) is 72.3 Å². The number of halogens is 1. The number of esters is 1. The van der Waals surface area contributed by atoms with Crippen molar-refractivity contribution in [1.29, 1.82) is 0 Å². The molecule has 9 heteroatoms. The molecule has 0 spiro atoms. The molecule has 220 valence electrons. The van der Waals surface area contributed by atoms with Gasteiger partial charge in [-0.2, -0.15) is 0 Å². The number of ether oxygens (including phenoxy) is 2. The number of sulfone groups is 1. The standard InChI is InChI=1S/C33H34ClNO6S/c1-2-40-33(37)24-41-29-12-7-13-31(21-29)42(38,39)30-16-14-25(15-17-30)18-19-35(22-26-8-4-3-5-9-26)23-32(36)27-10-6-11-28(34)20-27/h3-17,20-21,32,36H,2,18-19,22-24H2,1H3. The van der Waals surface area contributed by atoms with Gasteiger partial charge in [0.1, 0.15) is 5.75 Å². The van der Waals surface area contributed by atoms with Gasteiger partial charge < -0.3 is 14.6 Å². The molecule has 0 saturated carbocycles. The lowest BCUT2D eigenvalue weighted by molar-refractivity contribution is -0.145. The molecule has 0 aliphatic carbocycles. The normalized spacial score (nSPS) is 12.2. The van der Waals surface area contributed by atoms with Crippen LogP contribution < -0.4 is 4.74 Å². The average Bonchev–Trinajstić information content (AvgIpc) is 3.00. The van der Waals surface area contributed by atoms with Gasteiger partial charge in [-0.15, -0.1) is 0 Å². The maximum absolute atomic E-state index is 13.3. The highest BCUT2D eigenvalue weighted by molar-refractivity contribution is 7.91. The molecule has 0 heterocycles. The fourth-order valence-electron chi connectivity index (χ4n) is 4.47. The van der Waals surface area contributed by atoms with Gasteiger partial charge in [-0.25, -0.2) is 13.2 Å². The predicted octanol–water partition coefficient (Wildman–Crippen LogP) is 5.89. The molecule has 4 aromatic carbocycles. The number of aliphatic hydroxyl groups excluding tert-OH is 1. The van der Waals surface area contributed by atoms with Crippen molar-refractivity contribution < 1.29 is 27.8 Å². The topological polar surface area (TPSA) is 93.1 Å². The van der Waals surface area contributed by atoms with Crippen molar-refractivity contribution in [3.63, 3.8) is 0 Å². The van der Waals surface area contributed by atoms with Crippen LogP contribution in [-0.2, 0) is 32.3 Å². The van der Waals surface area contributed by atoms with E-state index >= 15 is 0 Å². The molecule has 1 atom stereocenters. The zero-order valence-corrected chi connectivity index (χ0v) is 24.9. The van der Waals surface area contributed by atoms with Gasteiger partial charge >= 0.3 is 5.97 Å². The van der Waals surface area contributed by atoms with Crippen molar-refractivity contribution in [1.82, 2.24) is 4.90 Å². The number of benzene rings is 4. The summed E-state index contributed by atoms with van der Waals surface area (Å²) in [7, 11) is -3.80. The second kappa shape index (κ2) is 15.0. The van der Waals surface area contributed by atoms with Crippen LogP contribution in [0.15, 0.2) is 113 Å². The Labute approximate surface area is 252 Å². The van der Waals surface area contributed by atoms with Crippen molar-refractivity contribution in [3.05, 3.63) is 125 Å². The minimum atomic E-state index is -3.80. The van der Waals surface area contributed by atoms with E-state index in [-0.39, 0.29) is 28.8 Å². The van der Waals surface area contributed by atoms with Crippen molar-refractivity contribution in [2.24, 2.45) is 0 Å². The highest BCUT2D eigenvalue weighted by atomic mass is 35.5. The van der Waals surface area contributed by atoms with E-state index in [0.717, 1.165) is 16.7 Å². The SMILES string of the molecule is CCOC(=O)COc1cccc(S(=O)(=O)c2ccc(CCN(Cc3ccccc3)CC(O)c3cccc(Cl)c3)cc2)c1. The monoisotopic (exact) mass is 607 g/mol. The maximum atomic E-state index is 13.3. The minimum absolute atomic E-state index is 0.0700. The molecule has 4 aromatic rings. The van der Waals surface area contributed by atoms with E-state index in [0.29, 0.717) is 31.1 Å². The van der Waals surface area contributed by atoms with Gasteiger partial charge in [0.05, 0.1) is 22.5 Å². The van der Waals surface area contributed by atoms with Gasteiger partial charge in [0.25, 0.3) is 0 Å². The molecule has 7 nitrogen and oxygen atoms in total. The van der Waals surface area contributed by atoms with E-state index in [1.54, 1.807) is 43.3 Å².